The summed E-state index contributed by atoms with van der Waals surface area (Å²) in [7, 11) is 0. The number of benzene rings is 2. The van der Waals surface area contributed by atoms with Crippen molar-refractivity contribution in [2.75, 3.05) is 5.32 Å². The molecule has 1 N–H and O–H groups in total. The normalized spacial score (nSPS) is 11.9. The lowest BCUT2D eigenvalue weighted by Gasteiger charge is -2.12. The van der Waals surface area contributed by atoms with Crippen LogP contribution in [0.2, 0.25) is 0 Å². The van der Waals surface area contributed by atoms with Crippen molar-refractivity contribution < 1.29 is 13.6 Å². The molecular formula is C15H13F2NOS. The summed E-state index contributed by atoms with van der Waals surface area (Å²) in [5, 5.41) is 1.70. The van der Waals surface area contributed by atoms with Gasteiger partial charge in [0.2, 0.25) is 5.91 Å². The first-order valence-corrected chi connectivity index (χ1v) is 6.56. The van der Waals surface area contributed by atoms with Crippen LogP contribution in [0.15, 0.2) is 48.5 Å². The first-order chi connectivity index (χ1) is 9.58. The molecule has 1 atom stereocenters. The second-order valence-electron chi connectivity index (χ2n) is 4.30. The van der Waals surface area contributed by atoms with E-state index in [1.807, 2.05) is 30.3 Å². The highest BCUT2D eigenvalue weighted by atomic mass is 32.1. The number of hydrogen-bond acceptors (Lipinski definition) is 2. The van der Waals surface area contributed by atoms with Gasteiger partial charge in [-0.2, -0.15) is 12.6 Å². The van der Waals surface area contributed by atoms with Gasteiger partial charge in [-0.05, 0) is 24.1 Å². The molecule has 0 spiro atoms. The smallest absolute Gasteiger partial charge is 0.237 e. The fourth-order valence-electron chi connectivity index (χ4n) is 1.75. The van der Waals surface area contributed by atoms with Crippen LogP contribution in [0.1, 0.15) is 5.56 Å². The van der Waals surface area contributed by atoms with E-state index in [9.17, 15) is 13.6 Å². The summed E-state index contributed by atoms with van der Waals surface area (Å²) >= 11 is 4.20. The number of halogens is 2. The lowest BCUT2D eigenvalue weighted by atomic mass is 10.1. The predicted octanol–water partition coefficient (Wildman–Crippen LogP) is 3.44. The van der Waals surface area contributed by atoms with Gasteiger partial charge in [0.15, 0.2) is 11.6 Å². The number of hydrogen-bond donors (Lipinski definition) is 2. The molecule has 0 aliphatic rings. The van der Waals surface area contributed by atoms with Crippen molar-refractivity contribution in [2.24, 2.45) is 0 Å². The molecule has 0 bridgehead atoms. The Kier molecular flexibility index (Phi) is 4.74. The molecule has 0 aromatic heterocycles. The standard InChI is InChI=1S/C15H13F2NOS/c16-11-7-4-8-12(14(11)17)18-15(19)13(20)9-10-5-2-1-3-6-10/h1-8,13,20H,9H2,(H,18,19). The van der Waals surface area contributed by atoms with E-state index < -0.39 is 22.8 Å². The highest BCUT2D eigenvalue weighted by Crippen LogP contribution is 2.18. The molecule has 0 saturated heterocycles. The number of thiol groups is 1. The van der Waals surface area contributed by atoms with Crippen molar-refractivity contribution in [3.8, 4) is 0 Å². The molecule has 1 amide bonds. The predicted molar refractivity (Wildman–Crippen MR) is 77.9 cm³/mol. The van der Waals surface area contributed by atoms with Gasteiger partial charge in [-0.15, -0.1) is 0 Å². The maximum absolute atomic E-state index is 13.4. The second-order valence-corrected chi connectivity index (χ2v) is 4.92. The van der Waals surface area contributed by atoms with E-state index in [2.05, 4.69) is 17.9 Å². The summed E-state index contributed by atoms with van der Waals surface area (Å²) in [4.78, 5) is 11.9. The molecule has 20 heavy (non-hydrogen) atoms. The largest absolute Gasteiger partial charge is 0.323 e. The fraction of sp³-hybridized carbons (Fsp3) is 0.133. The second kappa shape index (κ2) is 6.52. The van der Waals surface area contributed by atoms with Crippen molar-refractivity contribution in [1.82, 2.24) is 0 Å². The van der Waals surface area contributed by atoms with Crippen molar-refractivity contribution in [3.63, 3.8) is 0 Å². The van der Waals surface area contributed by atoms with Gasteiger partial charge in [-0.3, -0.25) is 4.79 Å². The van der Waals surface area contributed by atoms with Crippen molar-refractivity contribution in [1.29, 1.82) is 0 Å². The first kappa shape index (κ1) is 14.5. The molecule has 0 saturated carbocycles. The number of carbonyl (C=O) groups is 1. The van der Waals surface area contributed by atoms with Gasteiger partial charge in [0, 0.05) is 0 Å². The van der Waals surface area contributed by atoms with E-state index in [-0.39, 0.29) is 5.69 Å². The molecule has 2 nitrogen and oxygen atoms in total. The van der Waals surface area contributed by atoms with Crippen LogP contribution >= 0.6 is 12.6 Å². The zero-order chi connectivity index (χ0) is 14.5. The van der Waals surface area contributed by atoms with Gasteiger partial charge >= 0.3 is 0 Å². The first-order valence-electron chi connectivity index (χ1n) is 6.05. The third-order valence-corrected chi connectivity index (χ3v) is 3.20. The van der Waals surface area contributed by atoms with Crippen LogP contribution in [0.5, 0.6) is 0 Å². The van der Waals surface area contributed by atoms with Crippen LogP contribution in [-0.2, 0) is 11.2 Å². The summed E-state index contributed by atoms with van der Waals surface area (Å²) in [5.41, 5.74) is 0.768. The van der Waals surface area contributed by atoms with E-state index in [1.165, 1.54) is 12.1 Å². The van der Waals surface area contributed by atoms with Crippen LogP contribution < -0.4 is 5.32 Å². The Balaban J connectivity index is 2.03. The Morgan fingerprint density at radius 2 is 1.80 bits per heavy atom. The molecule has 2 aromatic rings. The van der Waals surface area contributed by atoms with E-state index in [0.717, 1.165) is 11.6 Å². The van der Waals surface area contributed by atoms with Gasteiger partial charge in [-0.1, -0.05) is 36.4 Å². The van der Waals surface area contributed by atoms with Crippen molar-refractivity contribution >= 4 is 24.2 Å². The monoisotopic (exact) mass is 293 g/mol. The molecule has 104 valence electrons. The maximum atomic E-state index is 13.4. The molecule has 0 heterocycles. The Morgan fingerprint density at radius 3 is 2.50 bits per heavy atom. The van der Waals surface area contributed by atoms with Crippen LogP contribution in [-0.4, -0.2) is 11.2 Å². The summed E-state index contributed by atoms with van der Waals surface area (Å²) in [6.45, 7) is 0. The van der Waals surface area contributed by atoms with Crippen molar-refractivity contribution in [3.05, 3.63) is 65.7 Å². The Labute approximate surface area is 121 Å². The average molecular weight is 293 g/mol. The average Bonchev–Trinajstić information content (AvgIpc) is 2.45. The molecule has 0 aliphatic heterocycles. The quantitative estimate of drug-likeness (QED) is 0.831. The van der Waals surface area contributed by atoms with Crippen molar-refractivity contribution in [2.45, 2.75) is 11.7 Å². The minimum atomic E-state index is -1.07. The highest BCUT2D eigenvalue weighted by molar-refractivity contribution is 7.81. The van der Waals surface area contributed by atoms with Gasteiger partial charge < -0.3 is 5.32 Å². The minimum absolute atomic E-state index is 0.179. The molecule has 0 aliphatic carbocycles. The zero-order valence-electron chi connectivity index (χ0n) is 10.5. The van der Waals surface area contributed by atoms with E-state index in [4.69, 9.17) is 0 Å². The summed E-state index contributed by atoms with van der Waals surface area (Å²) in [6, 6.07) is 13.0. The fourth-order valence-corrected chi connectivity index (χ4v) is 2.02. The molecule has 0 radical (unpaired) electrons. The molecule has 5 heteroatoms. The summed E-state index contributed by atoms with van der Waals surface area (Å²) in [5.74, 6) is -2.54. The Bertz CT molecular complexity index is 604. The summed E-state index contributed by atoms with van der Waals surface area (Å²) in [6.07, 6.45) is 0.409. The van der Waals surface area contributed by atoms with E-state index in [0.29, 0.717) is 6.42 Å². The third-order valence-electron chi connectivity index (χ3n) is 2.78. The molecular weight excluding hydrogens is 280 g/mol. The van der Waals surface area contributed by atoms with Crippen LogP contribution in [0, 0.1) is 11.6 Å². The van der Waals surface area contributed by atoms with Crippen LogP contribution in [0.4, 0.5) is 14.5 Å². The Hall–Kier alpha value is -1.88. The number of rotatable bonds is 4. The van der Waals surface area contributed by atoms with Crippen LogP contribution in [0.25, 0.3) is 0 Å². The van der Waals surface area contributed by atoms with Gasteiger partial charge in [0.1, 0.15) is 0 Å². The van der Waals surface area contributed by atoms with Crippen LogP contribution in [0.3, 0.4) is 0 Å². The Morgan fingerprint density at radius 1 is 1.10 bits per heavy atom. The number of amides is 1. The summed E-state index contributed by atoms with van der Waals surface area (Å²) < 4.78 is 26.5. The zero-order valence-corrected chi connectivity index (χ0v) is 11.4. The molecule has 1 unspecified atom stereocenters. The molecule has 2 rings (SSSR count). The lowest BCUT2D eigenvalue weighted by molar-refractivity contribution is -0.115. The topological polar surface area (TPSA) is 29.1 Å². The van der Waals surface area contributed by atoms with Gasteiger partial charge in [-0.25, -0.2) is 8.78 Å². The SMILES string of the molecule is O=C(Nc1cccc(F)c1F)C(S)Cc1ccccc1. The molecule has 2 aromatic carbocycles. The van der Waals surface area contributed by atoms with Gasteiger partial charge in [0.05, 0.1) is 10.9 Å². The molecule has 0 fully saturated rings. The maximum Gasteiger partial charge on any atom is 0.237 e. The number of carbonyl (C=O) groups excluding carboxylic acids is 1. The third kappa shape index (κ3) is 3.57. The van der Waals surface area contributed by atoms with E-state index in [1.54, 1.807) is 0 Å². The highest BCUT2D eigenvalue weighted by Gasteiger charge is 2.17. The lowest BCUT2D eigenvalue weighted by Crippen LogP contribution is -2.25. The van der Waals surface area contributed by atoms with Gasteiger partial charge in [0.25, 0.3) is 0 Å². The number of nitrogens with one attached hydrogen (secondary N) is 1. The number of anilines is 1. The van der Waals surface area contributed by atoms with E-state index >= 15 is 0 Å². The minimum Gasteiger partial charge on any atom is -0.323 e.